The molecular weight excluding hydrogens is 290 g/mol. The van der Waals surface area contributed by atoms with Crippen molar-refractivity contribution in [3.8, 4) is 6.07 Å². The van der Waals surface area contributed by atoms with Crippen LogP contribution in [0.4, 0.5) is 5.95 Å². The first-order chi connectivity index (χ1) is 11.3. The van der Waals surface area contributed by atoms with Crippen LogP contribution in [0.1, 0.15) is 17.2 Å². The largest absolute Gasteiger partial charge is 0.387 e. The Hall–Kier alpha value is -2.49. The molecule has 0 amide bonds. The molecule has 23 heavy (non-hydrogen) atoms. The van der Waals surface area contributed by atoms with Crippen LogP contribution < -0.4 is 4.90 Å². The minimum atomic E-state index is -0.540. The van der Waals surface area contributed by atoms with E-state index in [0.717, 1.165) is 37.7 Å². The Morgan fingerprint density at radius 1 is 1.09 bits per heavy atom. The van der Waals surface area contributed by atoms with E-state index in [4.69, 9.17) is 5.26 Å². The van der Waals surface area contributed by atoms with E-state index in [2.05, 4.69) is 25.8 Å². The van der Waals surface area contributed by atoms with Crippen LogP contribution in [0.2, 0.25) is 0 Å². The number of piperazine rings is 1. The summed E-state index contributed by atoms with van der Waals surface area (Å²) in [4.78, 5) is 12.9. The molecule has 1 aromatic carbocycles. The Bertz CT molecular complexity index is 660. The molecule has 1 unspecified atom stereocenters. The van der Waals surface area contributed by atoms with E-state index in [1.165, 1.54) is 0 Å². The van der Waals surface area contributed by atoms with Gasteiger partial charge in [0.2, 0.25) is 5.95 Å². The average Bonchev–Trinajstić information content (AvgIpc) is 2.63. The summed E-state index contributed by atoms with van der Waals surface area (Å²) >= 11 is 0. The third-order valence-corrected chi connectivity index (χ3v) is 4.06. The molecule has 1 atom stereocenters. The van der Waals surface area contributed by atoms with E-state index in [1.54, 1.807) is 24.5 Å². The number of aliphatic hydroxyl groups excluding tert-OH is 1. The number of aliphatic hydroxyl groups is 1. The van der Waals surface area contributed by atoms with Crippen molar-refractivity contribution in [3.05, 3.63) is 53.9 Å². The van der Waals surface area contributed by atoms with Gasteiger partial charge in [-0.2, -0.15) is 5.26 Å². The first kappa shape index (κ1) is 15.4. The molecule has 0 radical (unpaired) electrons. The zero-order valence-electron chi connectivity index (χ0n) is 12.8. The average molecular weight is 309 g/mol. The fraction of sp³-hybridized carbons (Fsp3) is 0.353. The summed E-state index contributed by atoms with van der Waals surface area (Å²) in [6.07, 6.45) is 2.97. The molecule has 1 aliphatic heterocycles. The van der Waals surface area contributed by atoms with Gasteiger partial charge in [-0.25, -0.2) is 9.97 Å². The number of hydrogen-bond donors (Lipinski definition) is 1. The summed E-state index contributed by atoms with van der Waals surface area (Å²) in [5.41, 5.74) is 1.45. The highest BCUT2D eigenvalue weighted by Gasteiger charge is 2.21. The predicted octanol–water partition coefficient (Wildman–Crippen LogP) is 1.20. The second-order valence-corrected chi connectivity index (χ2v) is 5.59. The fourth-order valence-electron chi connectivity index (χ4n) is 2.71. The summed E-state index contributed by atoms with van der Waals surface area (Å²) < 4.78 is 0. The molecular formula is C17H19N5O. The fourth-order valence-corrected chi connectivity index (χ4v) is 2.71. The number of nitrogens with zero attached hydrogens (tertiary/aromatic N) is 5. The van der Waals surface area contributed by atoms with Crippen LogP contribution in [0.25, 0.3) is 0 Å². The molecule has 0 bridgehead atoms. The highest BCUT2D eigenvalue weighted by molar-refractivity contribution is 5.32. The van der Waals surface area contributed by atoms with Crippen molar-refractivity contribution in [3.63, 3.8) is 0 Å². The van der Waals surface area contributed by atoms with Crippen LogP contribution in [-0.2, 0) is 0 Å². The lowest BCUT2D eigenvalue weighted by atomic mass is 10.1. The second-order valence-electron chi connectivity index (χ2n) is 5.59. The molecule has 3 rings (SSSR count). The third-order valence-electron chi connectivity index (χ3n) is 4.06. The molecule has 1 fully saturated rings. The quantitative estimate of drug-likeness (QED) is 0.914. The first-order valence-corrected chi connectivity index (χ1v) is 7.69. The van der Waals surface area contributed by atoms with Crippen molar-refractivity contribution < 1.29 is 5.11 Å². The van der Waals surface area contributed by atoms with Gasteiger partial charge in [-0.05, 0) is 23.8 Å². The van der Waals surface area contributed by atoms with Crippen LogP contribution >= 0.6 is 0 Å². The Morgan fingerprint density at radius 2 is 1.74 bits per heavy atom. The lowest BCUT2D eigenvalue weighted by Gasteiger charge is -2.35. The number of rotatable bonds is 4. The van der Waals surface area contributed by atoms with Crippen LogP contribution in [0, 0.1) is 11.3 Å². The van der Waals surface area contributed by atoms with Gasteiger partial charge in [-0.3, -0.25) is 4.90 Å². The SMILES string of the molecule is N#Cc1ccc(C(O)CN2CCN(c3ncccn3)CC2)cc1. The van der Waals surface area contributed by atoms with E-state index < -0.39 is 6.10 Å². The van der Waals surface area contributed by atoms with Crippen molar-refractivity contribution in [2.24, 2.45) is 0 Å². The highest BCUT2D eigenvalue weighted by Crippen LogP contribution is 2.17. The number of aromatic nitrogens is 2. The molecule has 1 aliphatic rings. The minimum absolute atomic E-state index is 0.540. The van der Waals surface area contributed by atoms with E-state index in [0.29, 0.717) is 12.1 Å². The Kier molecular flexibility index (Phi) is 4.81. The maximum absolute atomic E-state index is 10.4. The Morgan fingerprint density at radius 3 is 2.35 bits per heavy atom. The van der Waals surface area contributed by atoms with Gasteiger partial charge in [0, 0.05) is 45.1 Å². The standard InChI is InChI=1S/C17H19N5O/c18-12-14-2-4-15(5-3-14)16(23)13-21-8-10-22(11-9-21)17-19-6-1-7-20-17/h1-7,16,23H,8-11,13H2. The number of nitriles is 1. The van der Waals surface area contributed by atoms with E-state index in [-0.39, 0.29) is 0 Å². The maximum Gasteiger partial charge on any atom is 0.225 e. The van der Waals surface area contributed by atoms with Crippen LogP contribution in [0.5, 0.6) is 0 Å². The molecule has 1 saturated heterocycles. The van der Waals surface area contributed by atoms with Gasteiger partial charge in [0.25, 0.3) is 0 Å². The lowest BCUT2D eigenvalue weighted by Crippen LogP contribution is -2.48. The number of anilines is 1. The molecule has 118 valence electrons. The highest BCUT2D eigenvalue weighted by atomic mass is 16.3. The molecule has 1 aromatic heterocycles. The smallest absolute Gasteiger partial charge is 0.225 e. The summed E-state index contributed by atoms with van der Waals surface area (Å²) in [6.45, 7) is 4.03. The predicted molar refractivity (Wildman–Crippen MR) is 86.8 cm³/mol. The molecule has 6 heteroatoms. The van der Waals surface area contributed by atoms with Crippen molar-refractivity contribution in [1.29, 1.82) is 5.26 Å². The Balaban J connectivity index is 1.53. The molecule has 2 aromatic rings. The normalized spacial score (nSPS) is 16.8. The number of benzene rings is 1. The van der Waals surface area contributed by atoms with Gasteiger partial charge in [0.05, 0.1) is 17.7 Å². The monoisotopic (exact) mass is 309 g/mol. The van der Waals surface area contributed by atoms with Crippen molar-refractivity contribution >= 4 is 5.95 Å². The zero-order chi connectivity index (χ0) is 16.1. The Labute approximate surface area is 135 Å². The van der Waals surface area contributed by atoms with Crippen molar-refractivity contribution in [2.45, 2.75) is 6.10 Å². The summed E-state index contributed by atoms with van der Waals surface area (Å²) in [5.74, 6) is 0.764. The maximum atomic E-state index is 10.4. The van der Waals surface area contributed by atoms with Gasteiger partial charge in [-0.15, -0.1) is 0 Å². The summed E-state index contributed by atoms with van der Waals surface area (Å²) in [6, 6.07) is 11.0. The van der Waals surface area contributed by atoms with Gasteiger partial charge in [0.1, 0.15) is 0 Å². The van der Waals surface area contributed by atoms with Crippen LogP contribution in [0.3, 0.4) is 0 Å². The first-order valence-electron chi connectivity index (χ1n) is 7.69. The second kappa shape index (κ2) is 7.18. The van der Waals surface area contributed by atoms with Gasteiger partial charge >= 0.3 is 0 Å². The minimum Gasteiger partial charge on any atom is -0.387 e. The van der Waals surface area contributed by atoms with E-state index >= 15 is 0 Å². The van der Waals surface area contributed by atoms with Crippen LogP contribution in [-0.4, -0.2) is 52.7 Å². The lowest BCUT2D eigenvalue weighted by molar-refractivity contribution is 0.109. The molecule has 0 saturated carbocycles. The molecule has 1 N–H and O–H groups in total. The van der Waals surface area contributed by atoms with Crippen molar-refractivity contribution in [1.82, 2.24) is 14.9 Å². The topological polar surface area (TPSA) is 76.3 Å². The zero-order valence-corrected chi connectivity index (χ0v) is 12.8. The summed E-state index contributed by atoms with van der Waals surface area (Å²) in [7, 11) is 0. The molecule has 6 nitrogen and oxygen atoms in total. The van der Waals surface area contributed by atoms with Crippen molar-refractivity contribution in [2.75, 3.05) is 37.6 Å². The van der Waals surface area contributed by atoms with Gasteiger partial charge in [-0.1, -0.05) is 12.1 Å². The number of β-amino-alcohol motifs (C(OH)–C–C–N with tert-alkyl or cyclic N) is 1. The van der Waals surface area contributed by atoms with Crippen LogP contribution in [0.15, 0.2) is 42.7 Å². The summed E-state index contributed by atoms with van der Waals surface area (Å²) in [5, 5.41) is 19.2. The molecule has 0 aliphatic carbocycles. The van der Waals surface area contributed by atoms with Gasteiger partial charge < -0.3 is 10.0 Å². The van der Waals surface area contributed by atoms with Gasteiger partial charge in [0.15, 0.2) is 0 Å². The number of hydrogen-bond acceptors (Lipinski definition) is 6. The molecule has 2 heterocycles. The third kappa shape index (κ3) is 3.83. The van der Waals surface area contributed by atoms with E-state index in [1.807, 2.05) is 18.2 Å². The van der Waals surface area contributed by atoms with E-state index in [9.17, 15) is 5.11 Å². The molecule has 0 spiro atoms.